The van der Waals surface area contributed by atoms with Gasteiger partial charge in [0.05, 0.1) is 25.1 Å². The number of primary amides is 1. The van der Waals surface area contributed by atoms with Gasteiger partial charge in [0.25, 0.3) is 0 Å². The first-order chi connectivity index (χ1) is 35.6. The Hall–Kier alpha value is -7.47. The Balaban J connectivity index is 2.41. The normalized spacial score (nSPS) is 16.8. The van der Waals surface area contributed by atoms with Gasteiger partial charge in [-0.15, -0.1) is 0 Å². The number of amides is 9. The minimum atomic E-state index is -1.77. The molecule has 20 N–H and O–H groups in total. The summed E-state index contributed by atoms with van der Waals surface area (Å²) < 4.78 is 0. The van der Waals surface area contributed by atoms with Crippen molar-refractivity contribution in [1.29, 1.82) is 0 Å². The van der Waals surface area contributed by atoms with Gasteiger partial charge in [0.15, 0.2) is 12.0 Å². The van der Waals surface area contributed by atoms with Crippen LogP contribution in [0.4, 0.5) is 0 Å². The number of hydrogen-bond donors (Lipinski definition) is 16. The van der Waals surface area contributed by atoms with E-state index in [2.05, 4.69) is 52.2 Å². The first-order valence-electron chi connectivity index (χ1n) is 24.9. The first kappa shape index (κ1) is 64.6. The van der Waals surface area contributed by atoms with Crippen LogP contribution in [0.2, 0.25) is 0 Å². The molecule has 0 aromatic carbocycles. The van der Waals surface area contributed by atoms with Crippen LogP contribution in [0.25, 0.3) is 0 Å². The molecule has 1 aliphatic heterocycles. The molecule has 1 aliphatic rings. The standard InChI is InChI=1S/C46H77N15O15/c1-22(2)16-29(41(71)60-36(24(5)63)45(75)76)57-43(73)33-9-7-15-61(33)44(74)31(17-23(3)4)58-39(69)28(11-13-35(65)66)55-38(68)27(8-6-14-52-46(49)50)54-42(72)32(20-62)59-40(70)30(18-25-19-51-21-53-25)56-37(67)26(47)10-12-34(48)64/h19,21-24,26-33,36,62-63H,6-18,20,47H2,1-5H3,(H2,48,64)(H,51,53)(H,54,72)(H,55,68)(H,56,67)(H,57,73)(H,58,69)(H,59,70)(H,60,71)(H,65,66)(H,75,76)(H4,49,50,52)/t24-,26+,27+,28+,29+,30+,31+,32+,33+,36+/m1/s1. The van der Waals surface area contributed by atoms with E-state index in [-0.39, 0.29) is 82.3 Å². The number of guanidine groups is 1. The van der Waals surface area contributed by atoms with E-state index in [1.807, 2.05) is 0 Å². The highest BCUT2D eigenvalue weighted by molar-refractivity contribution is 5.98. The topological polar surface area (TPSA) is 501 Å². The summed E-state index contributed by atoms with van der Waals surface area (Å²) in [4.78, 5) is 157. The number of aromatic nitrogens is 2. The molecule has 0 bridgehead atoms. The minimum Gasteiger partial charge on any atom is -0.481 e. The molecule has 0 unspecified atom stereocenters. The van der Waals surface area contributed by atoms with Crippen LogP contribution < -0.4 is 60.2 Å². The smallest absolute Gasteiger partial charge is 0.328 e. The van der Waals surface area contributed by atoms with Gasteiger partial charge in [-0.3, -0.25) is 52.9 Å². The molecule has 76 heavy (non-hydrogen) atoms. The highest BCUT2D eigenvalue weighted by Gasteiger charge is 2.41. The van der Waals surface area contributed by atoms with Gasteiger partial charge in [-0.05, 0) is 70.1 Å². The van der Waals surface area contributed by atoms with Crippen molar-refractivity contribution >= 4 is 71.1 Å². The number of hydrogen-bond acceptors (Lipinski definition) is 16. The Labute approximate surface area is 438 Å². The van der Waals surface area contributed by atoms with Crippen molar-refractivity contribution in [1.82, 2.24) is 52.1 Å². The van der Waals surface area contributed by atoms with Crippen LogP contribution in [0.3, 0.4) is 0 Å². The highest BCUT2D eigenvalue weighted by atomic mass is 16.4. The Kier molecular flexibility index (Phi) is 27.3. The summed E-state index contributed by atoms with van der Waals surface area (Å²) in [5.74, 6) is -11.7. The van der Waals surface area contributed by atoms with E-state index in [4.69, 9.17) is 22.9 Å². The maximum Gasteiger partial charge on any atom is 0.328 e. The number of likely N-dealkylation sites (tertiary alicyclic amines) is 1. The molecule has 1 saturated heterocycles. The zero-order valence-corrected chi connectivity index (χ0v) is 43.4. The average Bonchev–Trinajstić information content (AvgIpc) is 4.05. The quantitative estimate of drug-likeness (QED) is 0.0174. The van der Waals surface area contributed by atoms with Gasteiger partial charge < -0.3 is 90.5 Å². The van der Waals surface area contributed by atoms with Crippen LogP contribution in [-0.4, -0.2) is 187 Å². The van der Waals surface area contributed by atoms with E-state index in [0.29, 0.717) is 12.1 Å². The molecule has 426 valence electrons. The lowest BCUT2D eigenvalue weighted by atomic mass is 10.00. The number of nitrogens with zero attached hydrogens (tertiary/aromatic N) is 3. The van der Waals surface area contributed by atoms with Crippen LogP contribution in [0.15, 0.2) is 17.5 Å². The Morgan fingerprint density at radius 3 is 1.78 bits per heavy atom. The van der Waals surface area contributed by atoms with Crippen molar-refractivity contribution in [2.45, 2.75) is 166 Å². The van der Waals surface area contributed by atoms with Crippen LogP contribution in [0.1, 0.15) is 105 Å². The number of aliphatic imine (C=N–C) groups is 1. The Bertz CT molecular complexity index is 2190. The highest BCUT2D eigenvalue weighted by Crippen LogP contribution is 2.22. The van der Waals surface area contributed by atoms with Gasteiger partial charge >= 0.3 is 11.9 Å². The van der Waals surface area contributed by atoms with E-state index >= 15 is 0 Å². The van der Waals surface area contributed by atoms with Crippen molar-refractivity contribution < 1.29 is 73.2 Å². The first-order valence-corrected chi connectivity index (χ1v) is 24.9. The minimum absolute atomic E-state index is 0.00439. The van der Waals surface area contributed by atoms with E-state index in [1.165, 1.54) is 24.3 Å². The monoisotopic (exact) mass is 1080 g/mol. The summed E-state index contributed by atoms with van der Waals surface area (Å²) in [6.45, 7) is 7.13. The fourth-order valence-corrected chi connectivity index (χ4v) is 7.93. The van der Waals surface area contributed by atoms with E-state index < -0.39 is 145 Å². The number of carbonyl (C=O) groups excluding carboxylic acids is 9. The largest absolute Gasteiger partial charge is 0.481 e. The molecular weight excluding hydrogens is 1000 g/mol. The molecule has 1 aromatic heterocycles. The molecule has 2 rings (SSSR count). The summed E-state index contributed by atoms with van der Waals surface area (Å²) in [5.41, 5.74) is 22.3. The van der Waals surface area contributed by atoms with E-state index in [0.717, 1.165) is 0 Å². The second-order valence-corrected chi connectivity index (χ2v) is 19.3. The second kappa shape index (κ2) is 32.1. The van der Waals surface area contributed by atoms with Crippen LogP contribution >= 0.6 is 0 Å². The van der Waals surface area contributed by atoms with Crippen molar-refractivity contribution in [3.8, 4) is 0 Å². The average molecular weight is 1080 g/mol. The number of aliphatic hydroxyl groups excluding tert-OH is 2. The molecule has 10 atom stereocenters. The molecule has 0 radical (unpaired) electrons. The predicted octanol–water partition coefficient (Wildman–Crippen LogP) is -5.60. The van der Waals surface area contributed by atoms with Crippen LogP contribution in [0.5, 0.6) is 0 Å². The maximum atomic E-state index is 14.4. The summed E-state index contributed by atoms with van der Waals surface area (Å²) in [7, 11) is 0. The van der Waals surface area contributed by atoms with Crippen molar-refractivity contribution in [3.63, 3.8) is 0 Å². The lowest BCUT2D eigenvalue weighted by molar-refractivity contribution is -0.146. The number of nitrogens with two attached hydrogens (primary N) is 4. The van der Waals surface area contributed by atoms with Crippen molar-refractivity contribution in [3.05, 3.63) is 18.2 Å². The number of imidazole rings is 1. The molecule has 30 heteroatoms. The Morgan fingerprint density at radius 2 is 1.25 bits per heavy atom. The molecule has 2 heterocycles. The fourth-order valence-electron chi connectivity index (χ4n) is 7.93. The number of rotatable bonds is 34. The molecule has 0 saturated carbocycles. The molecular formula is C46H77N15O15. The zero-order valence-electron chi connectivity index (χ0n) is 43.4. The van der Waals surface area contributed by atoms with Crippen LogP contribution in [-0.2, 0) is 59.2 Å². The van der Waals surface area contributed by atoms with E-state index in [9.17, 15) is 73.2 Å². The maximum absolute atomic E-state index is 14.4. The fraction of sp³-hybridized carbons (Fsp3) is 0.674. The lowest BCUT2D eigenvalue weighted by Crippen LogP contribution is -2.61. The molecule has 30 nitrogen and oxygen atoms in total. The molecule has 1 fully saturated rings. The zero-order chi connectivity index (χ0) is 57.4. The molecule has 0 aliphatic carbocycles. The van der Waals surface area contributed by atoms with Gasteiger partial charge in [-0.25, -0.2) is 9.78 Å². The van der Waals surface area contributed by atoms with Crippen LogP contribution in [0, 0.1) is 11.8 Å². The molecule has 0 spiro atoms. The number of aromatic amines is 1. The predicted molar refractivity (Wildman–Crippen MR) is 269 cm³/mol. The third kappa shape index (κ3) is 22.6. The lowest BCUT2D eigenvalue weighted by Gasteiger charge is -2.32. The van der Waals surface area contributed by atoms with E-state index in [1.54, 1.807) is 27.7 Å². The Morgan fingerprint density at radius 1 is 0.711 bits per heavy atom. The second-order valence-electron chi connectivity index (χ2n) is 19.3. The molecule has 1 aromatic rings. The van der Waals surface area contributed by atoms with Gasteiger partial charge in [0.1, 0.15) is 42.3 Å². The third-order valence-electron chi connectivity index (χ3n) is 11.9. The summed E-state index contributed by atoms with van der Waals surface area (Å²) in [6.07, 6.45) is -0.278. The SMILES string of the molecule is CC(C)C[C@H](NC(=O)[C@@H]1CCCN1C(=O)[C@H](CC(C)C)NC(=O)[C@H](CCC(=O)O)NC(=O)[C@H](CCCN=C(N)N)NC(=O)[C@H](CO)NC(=O)[C@H](Cc1cnc[nH]1)NC(=O)[C@@H](N)CCC(N)=O)C(=O)N[C@H](C(=O)O)[C@@H](C)O. The number of carboxylic acid groups (broad SMARTS) is 2. The third-order valence-corrected chi connectivity index (χ3v) is 11.9. The summed E-state index contributed by atoms with van der Waals surface area (Å²) >= 11 is 0. The number of H-pyrrole nitrogens is 1. The van der Waals surface area contributed by atoms with Gasteiger partial charge in [0.2, 0.25) is 53.2 Å². The van der Waals surface area contributed by atoms with Gasteiger partial charge in [0, 0.05) is 44.2 Å². The number of carboxylic acids is 2. The van der Waals surface area contributed by atoms with Crippen molar-refractivity contribution in [2.24, 2.45) is 39.8 Å². The van der Waals surface area contributed by atoms with Gasteiger partial charge in [-0.1, -0.05) is 27.7 Å². The molecule has 9 amide bonds. The summed E-state index contributed by atoms with van der Waals surface area (Å²) in [5, 5.41) is 56.5. The number of aliphatic carboxylic acids is 2. The summed E-state index contributed by atoms with van der Waals surface area (Å²) in [6, 6.07) is -13.1. The van der Waals surface area contributed by atoms with Gasteiger partial charge in [-0.2, -0.15) is 0 Å². The number of nitrogens with one attached hydrogen (secondary N) is 8. The number of aliphatic hydroxyl groups is 2. The number of carbonyl (C=O) groups is 11. The van der Waals surface area contributed by atoms with Crippen molar-refractivity contribution in [2.75, 3.05) is 19.7 Å².